The molecule has 1 atom stereocenters. The summed E-state index contributed by atoms with van der Waals surface area (Å²) in [5.74, 6) is 0.0836. The minimum atomic E-state index is -0.542. The Bertz CT molecular complexity index is 462. The third-order valence-electron chi connectivity index (χ3n) is 3.24. The molecule has 1 unspecified atom stereocenters. The summed E-state index contributed by atoms with van der Waals surface area (Å²) in [4.78, 5) is 17.5. The van der Waals surface area contributed by atoms with Gasteiger partial charge in [-0.1, -0.05) is 0 Å². The monoisotopic (exact) mass is 264 g/mol. The molecule has 1 aromatic heterocycles. The number of carbonyl (C=O) groups excluding carboxylic acids is 1. The van der Waals surface area contributed by atoms with E-state index < -0.39 is 5.91 Å². The predicted octanol–water partition coefficient (Wildman–Crippen LogP) is 0.768. The Morgan fingerprint density at radius 2 is 2.37 bits per heavy atom. The maximum absolute atomic E-state index is 11.2. The van der Waals surface area contributed by atoms with Gasteiger partial charge in [-0.2, -0.15) is 0 Å². The highest BCUT2D eigenvalue weighted by Gasteiger charge is 2.23. The Labute approximate surface area is 112 Å². The summed E-state index contributed by atoms with van der Waals surface area (Å²) in [5, 5.41) is 0. The van der Waals surface area contributed by atoms with Crippen LogP contribution in [-0.4, -0.2) is 36.7 Å². The van der Waals surface area contributed by atoms with Crippen LogP contribution in [-0.2, 0) is 4.74 Å². The Morgan fingerprint density at radius 3 is 3.05 bits per heavy atom. The largest absolute Gasteiger partial charge is 0.396 e. The summed E-state index contributed by atoms with van der Waals surface area (Å²) in [6.07, 6.45) is 2.25. The first-order chi connectivity index (χ1) is 9.11. The lowest BCUT2D eigenvalue weighted by molar-refractivity contribution is 0.0525. The number of aromatic nitrogens is 1. The Morgan fingerprint density at radius 1 is 1.58 bits per heavy atom. The van der Waals surface area contributed by atoms with Crippen LogP contribution in [0.25, 0.3) is 0 Å². The third-order valence-corrected chi connectivity index (χ3v) is 3.24. The number of hydrogen-bond donors (Lipinski definition) is 2. The number of primary amides is 1. The first kappa shape index (κ1) is 13.6. The first-order valence-electron chi connectivity index (χ1n) is 6.54. The molecule has 0 spiro atoms. The van der Waals surface area contributed by atoms with Crippen LogP contribution >= 0.6 is 0 Å². The molecule has 0 bridgehead atoms. The normalized spacial score (nSPS) is 19.4. The molecule has 0 aliphatic carbocycles. The number of piperidine rings is 1. The van der Waals surface area contributed by atoms with Crippen molar-refractivity contribution in [3.63, 3.8) is 0 Å². The number of nitrogens with two attached hydrogens (primary N) is 2. The van der Waals surface area contributed by atoms with Crippen LogP contribution in [0.1, 0.15) is 30.3 Å². The van der Waals surface area contributed by atoms with Crippen molar-refractivity contribution in [1.29, 1.82) is 0 Å². The van der Waals surface area contributed by atoms with Crippen LogP contribution in [0.2, 0.25) is 0 Å². The second kappa shape index (κ2) is 5.88. The SMILES string of the molecule is CCOC1CCCN(c2nc(C(N)=O)ccc2N)C1. The van der Waals surface area contributed by atoms with Gasteiger partial charge in [0.1, 0.15) is 5.69 Å². The molecule has 1 aromatic rings. The number of nitrogens with zero attached hydrogens (tertiary/aromatic N) is 2. The van der Waals surface area contributed by atoms with Gasteiger partial charge in [-0.3, -0.25) is 4.79 Å². The van der Waals surface area contributed by atoms with E-state index in [0.717, 1.165) is 25.9 Å². The highest BCUT2D eigenvalue weighted by atomic mass is 16.5. The zero-order chi connectivity index (χ0) is 13.8. The van der Waals surface area contributed by atoms with Crippen molar-refractivity contribution in [2.24, 2.45) is 5.73 Å². The Hall–Kier alpha value is -1.82. The zero-order valence-electron chi connectivity index (χ0n) is 11.1. The van der Waals surface area contributed by atoms with E-state index in [4.69, 9.17) is 16.2 Å². The number of rotatable bonds is 4. The van der Waals surface area contributed by atoms with Crippen molar-refractivity contribution in [2.45, 2.75) is 25.9 Å². The number of amides is 1. The molecule has 1 aliphatic heterocycles. The fraction of sp³-hybridized carbons (Fsp3) is 0.538. The zero-order valence-corrected chi connectivity index (χ0v) is 11.1. The molecule has 1 amide bonds. The van der Waals surface area contributed by atoms with Crippen LogP contribution in [0, 0.1) is 0 Å². The van der Waals surface area contributed by atoms with Gasteiger partial charge in [-0.15, -0.1) is 0 Å². The van der Waals surface area contributed by atoms with Crippen molar-refractivity contribution in [1.82, 2.24) is 4.98 Å². The lowest BCUT2D eigenvalue weighted by Gasteiger charge is -2.34. The average molecular weight is 264 g/mol. The van der Waals surface area contributed by atoms with Gasteiger partial charge in [0.25, 0.3) is 5.91 Å². The quantitative estimate of drug-likeness (QED) is 0.837. The van der Waals surface area contributed by atoms with Gasteiger partial charge < -0.3 is 21.1 Å². The molecule has 6 heteroatoms. The van der Waals surface area contributed by atoms with Crippen LogP contribution < -0.4 is 16.4 Å². The summed E-state index contributed by atoms with van der Waals surface area (Å²) in [6, 6.07) is 3.22. The highest BCUT2D eigenvalue weighted by Crippen LogP contribution is 2.25. The van der Waals surface area contributed by atoms with Crippen LogP contribution in [0.3, 0.4) is 0 Å². The molecule has 2 rings (SSSR count). The van der Waals surface area contributed by atoms with E-state index in [9.17, 15) is 4.79 Å². The molecule has 19 heavy (non-hydrogen) atoms. The Kier molecular flexibility index (Phi) is 4.21. The molecule has 1 fully saturated rings. The van der Waals surface area contributed by atoms with Crippen molar-refractivity contribution >= 4 is 17.4 Å². The van der Waals surface area contributed by atoms with E-state index in [1.54, 1.807) is 12.1 Å². The fourth-order valence-corrected chi connectivity index (χ4v) is 2.35. The number of pyridine rings is 1. The number of nitrogen functional groups attached to an aromatic ring is 1. The van der Waals surface area contributed by atoms with Crippen molar-refractivity contribution in [3.05, 3.63) is 17.8 Å². The molecule has 4 N–H and O–H groups in total. The van der Waals surface area contributed by atoms with Crippen molar-refractivity contribution in [2.75, 3.05) is 30.3 Å². The first-order valence-corrected chi connectivity index (χ1v) is 6.54. The summed E-state index contributed by atoms with van der Waals surface area (Å²) in [5.41, 5.74) is 12.0. The van der Waals surface area contributed by atoms with E-state index in [1.807, 2.05) is 6.92 Å². The maximum Gasteiger partial charge on any atom is 0.267 e. The molecular weight excluding hydrogens is 244 g/mol. The summed E-state index contributed by atoms with van der Waals surface area (Å²) >= 11 is 0. The third kappa shape index (κ3) is 3.14. The standard InChI is InChI=1S/C13H20N4O2/c1-2-19-9-4-3-7-17(8-9)13-10(14)5-6-11(16-13)12(15)18/h5-6,9H,2-4,7-8,14H2,1H3,(H2,15,18). The van der Waals surface area contributed by atoms with Gasteiger partial charge in [0.05, 0.1) is 11.8 Å². The lowest BCUT2D eigenvalue weighted by atomic mass is 10.1. The highest BCUT2D eigenvalue weighted by molar-refractivity contribution is 5.91. The maximum atomic E-state index is 11.2. The van der Waals surface area contributed by atoms with E-state index in [0.29, 0.717) is 18.1 Å². The smallest absolute Gasteiger partial charge is 0.267 e. The topological polar surface area (TPSA) is 94.5 Å². The number of anilines is 2. The molecule has 2 heterocycles. The molecule has 1 aliphatic rings. The fourth-order valence-electron chi connectivity index (χ4n) is 2.35. The number of hydrogen-bond acceptors (Lipinski definition) is 5. The average Bonchev–Trinajstić information content (AvgIpc) is 2.39. The van der Waals surface area contributed by atoms with E-state index in [1.165, 1.54) is 0 Å². The number of carbonyl (C=O) groups is 1. The van der Waals surface area contributed by atoms with Gasteiger partial charge in [0.2, 0.25) is 0 Å². The lowest BCUT2D eigenvalue weighted by Crippen LogP contribution is -2.40. The molecule has 6 nitrogen and oxygen atoms in total. The van der Waals surface area contributed by atoms with Gasteiger partial charge in [-0.05, 0) is 31.9 Å². The van der Waals surface area contributed by atoms with Gasteiger partial charge in [-0.25, -0.2) is 4.98 Å². The van der Waals surface area contributed by atoms with E-state index in [2.05, 4.69) is 9.88 Å². The minimum Gasteiger partial charge on any atom is -0.396 e. The van der Waals surface area contributed by atoms with Gasteiger partial charge in [0, 0.05) is 19.7 Å². The second-order valence-corrected chi connectivity index (χ2v) is 4.64. The minimum absolute atomic E-state index is 0.192. The summed E-state index contributed by atoms with van der Waals surface area (Å²) in [6.45, 7) is 4.29. The molecule has 1 saturated heterocycles. The van der Waals surface area contributed by atoms with Gasteiger partial charge >= 0.3 is 0 Å². The van der Waals surface area contributed by atoms with Crippen molar-refractivity contribution < 1.29 is 9.53 Å². The summed E-state index contributed by atoms with van der Waals surface area (Å²) in [7, 11) is 0. The van der Waals surface area contributed by atoms with Crippen LogP contribution in [0.4, 0.5) is 11.5 Å². The second-order valence-electron chi connectivity index (χ2n) is 4.64. The molecule has 104 valence electrons. The molecule has 0 radical (unpaired) electrons. The Balaban J connectivity index is 2.20. The van der Waals surface area contributed by atoms with Crippen LogP contribution in [0.15, 0.2) is 12.1 Å². The predicted molar refractivity (Wildman–Crippen MR) is 74.0 cm³/mol. The summed E-state index contributed by atoms with van der Waals surface area (Å²) < 4.78 is 5.65. The van der Waals surface area contributed by atoms with Gasteiger partial charge in [0.15, 0.2) is 5.82 Å². The van der Waals surface area contributed by atoms with Crippen LogP contribution in [0.5, 0.6) is 0 Å². The van der Waals surface area contributed by atoms with E-state index in [-0.39, 0.29) is 11.8 Å². The van der Waals surface area contributed by atoms with E-state index >= 15 is 0 Å². The molecular formula is C13H20N4O2. The molecule has 0 aromatic carbocycles. The van der Waals surface area contributed by atoms with Crippen molar-refractivity contribution in [3.8, 4) is 0 Å². The number of ether oxygens (including phenoxy) is 1. The molecule has 0 saturated carbocycles.